The van der Waals surface area contributed by atoms with Gasteiger partial charge in [-0.25, -0.2) is 0 Å². The topological polar surface area (TPSA) is 32.0 Å². The Balaban J connectivity index is 1.84. The van der Waals surface area contributed by atoms with Gasteiger partial charge < -0.3 is 4.57 Å². The molecule has 0 radical (unpaired) electrons. The minimum Gasteiger partial charge on any atom is -0.322 e. The molecule has 1 aromatic heterocycles. The highest BCUT2D eigenvalue weighted by Gasteiger charge is 2.16. The number of nitriles is 1. The van der Waals surface area contributed by atoms with E-state index in [2.05, 4.69) is 65.8 Å². The smallest absolute Gasteiger partial charge is 0.125 e. The zero-order chi connectivity index (χ0) is 18.0. The number of rotatable bonds is 3. The van der Waals surface area contributed by atoms with Gasteiger partial charge in [-0.15, -0.1) is 0 Å². The second-order valence-corrected chi connectivity index (χ2v) is 7.01. The van der Waals surface area contributed by atoms with E-state index in [0.29, 0.717) is 10.2 Å². The van der Waals surface area contributed by atoms with E-state index >= 15 is 0 Å². The number of nitrogens with zero attached hydrogens (tertiary/aromatic N) is 3. The van der Waals surface area contributed by atoms with Crippen LogP contribution in [0.15, 0.2) is 36.4 Å². The summed E-state index contributed by atoms with van der Waals surface area (Å²) in [5.74, 6) is 0. The van der Waals surface area contributed by atoms with Crippen LogP contribution in [0.25, 0.3) is 5.57 Å². The first-order valence-electron chi connectivity index (χ1n) is 8.60. The predicted molar refractivity (Wildman–Crippen MR) is 105 cm³/mol. The van der Waals surface area contributed by atoms with E-state index in [0.717, 1.165) is 43.0 Å². The summed E-state index contributed by atoms with van der Waals surface area (Å²) in [6.45, 7) is 8.78. The molecule has 4 heteroatoms. The van der Waals surface area contributed by atoms with Crippen molar-refractivity contribution in [3.63, 3.8) is 0 Å². The van der Waals surface area contributed by atoms with Crippen molar-refractivity contribution in [1.29, 1.82) is 5.26 Å². The molecule has 25 heavy (non-hydrogen) atoms. The lowest BCUT2D eigenvalue weighted by Gasteiger charge is -2.29. The minimum atomic E-state index is 0.635. The van der Waals surface area contributed by atoms with Crippen LogP contribution in [0, 0.1) is 36.7 Å². The van der Waals surface area contributed by atoms with E-state index in [9.17, 15) is 5.26 Å². The van der Waals surface area contributed by atoms with Crippen LogP contribution in [0.5, 0.6) is 0 Å². The van der Waals surface area contributed by atoms with Crippen LogP contribution in [0.4, 0.5) is 0 Å². The Morgan fingerprint density at radius 1 is 1.12 bits per heavy atom. The summed E-state index contributed by atoms with van der Waals surface area (Å²) in [5, 5.41) is 9.45. The van der Waals surface area contributed by atoms with Gasteiger partial charge >= 0.3 is 0 Å². The van der Waals surface area contributed by atoms with E-state index in [-0.39, 0.29) is 0 Å². The molecule has 3 rings (SSSR count). The number of benzene rings is 1. The van der Waals surface area contributed by atoms with Crippen LogP contribution in [0.1, 0.15) is 34.4 Å². The van der Waals surface area contributed by atoms with Crippen molar-refractivity contribution in [2.45, 2.75) is 33.9 Å². The number of aromatic nitrogens is 1. The largest absolute Gasteiger partial charge is 0.322 e. The molecule has 0 atom stereocenters. The monoisotopic (exact) mass is 349 g/mol. The Morgan fingerprint density at radius 3 is 2.44 bits per heavy atom. The van der Waals surface area contributed by atoms with Gasteiger partial charge in [0.15, 0.2) is 0 Å². The Bertz CT molecular complexity index is 917. The maximum atomic E-state index is 9.45. The first-order chi connectivity index (χ1) is 12.0. The van der Waals surface area contributed by atoms with Crippen LogP contribution in [-0.2, 0) is 6.67 Å². The van der Waals surface area contributed by atoms with Crippen LogP contribution in [0.3, 0.4) is 0 Å². The Morgan fingerprint density at radius 2 is 1.84 bits per heavy atom. The Hall–Kier alpha value is -2.22. The molecule has 128 valence electrons. The van der Waals surface area contributed by atoms with Crippen molar-refractivity contribution in [2.75, 3.05) is 13.1 Å². The highest BCUT2D eigenvalue weighted by Crippen LogP contribution is 2.24. The van der Waals surface area contributed by atoms with Crippen molar-refractivity contribution in [3.05, 3.63) is 69.0 Å². The number of hydrogen-bond donors (Lipinski definition) is 0. The first-order valence-corrected chi connectivity index (χ1v) is 9.01. The summed E-state index contributed by atoms with van der Waals surface area (Å²) in [4.78, 5) is 2.38. The Labute approximate surface area is 154 Å². The van der Waals surface area contributed by atoms with Crippen molar-refractivity contribution in [3.8, 4) is 6.07 Å². The Kier molecular flexibility index (Phi) is 5.17. The highest BCUT2D eigenvalue weighted by molar-refractivity contribution is 7.71. The van der Waals surface area contributed by atoms with Crippen LogP contribution >= 0.6 is 12.2 Å². The molecule has 0 unspecified atom stereocenters. The molecule has 0 saturated heterocycles. The van der Waals surface area contributed by atoms with Crippen LogP contribution < -0.4 is 0 Å². The second kappa shape index (κ2) is 7.35. The molecule has 0 amide bonds. The first kappa shape index (κ1) is 17.6. The zero-order valence-corrected chi connectivity index (χ0v) is 15.9. The van der Waals surface area contributed by atoms with Crippen molar-refractivity contribution in [1.82, 2.24) is 9.47 Å². The highest BCUT2D eigenvalue weighted by atomic mass is 32.1. The molecule has 1 aliphatic heterocycles. The van der Waals surface area contributed by atoms with Gasteiger partial charge in [0.05, 0.1) is 12.2 Å². The van der Waals surface area contributed by atoms with Crippen molar-refractivity contribution in [2.24, 2.45) is 0 Å². The fourth-order valence-corrected chi connectivity index (χ4v) is 3.76. The maximum Gasteiger partial charge on any atom is 0.125 e. The lowest BCUT2D eigenvalue weighted by atomic mass is 10.00. The molecule has 1 aliphatic rings. The quantitative estimate of drug-likeness (QED) is 0.749. The molecule has 3 nitrogen and oxygen atoms in total. The molecule has 2 aromatic rings. The SMILES string of the molecule is Cc1c(C)c(C)n(CN2CC=C(c3ccccc3)CC2)c(=S)c1C#N. The predicted octanol–water partition coefficient (Wildman–Crippen LogP) is 4.76. The van der Waals surface area contributed by atoms with Gasteiger partial charge in [-0.05, 0) is 49.5 Å². The summed E-state index contributed by atoms with van der Waals surface area (Å²) in [5.41, 5.74) is 6.67. The molecular formula is C21H23N3S. The molecule has 0 N–H and O–H groups in total. The third kappa shape index (κ3) is 3.44. The standard InChI is InChI=1S/C21H23N3S/c1-15-16(2)20(13-22)21(25)24(17(15)3)14-23-11-9-19(10-12-23)18-7-5-4-6-8-18/h4-9H,10-12,14H2,1-3H3. The number of pyridine rings is 1. The van der Waals surface area contributed by atoms with E-state index < -0.39 is 0 Å². The minimum absolute atomic E-state index is 0.635. The van der Waals surface area contributed by atoms with Crippen molar-refractivity contribution >= 4 is 17.8 Å². The lowest BCUT2D eigenvalue weighted by Crippen LogP contribution is -2.32. The van der Waals surface area contributed by atoms with Gasteiger partial charge in [-0.1, -0.05) is 48.6 Å². The van der Waals surface area contributed by atoms with Crippen LogP contribution in [0.2, 0.25) is 0 Å². The zero-order valence-electron chi connectivity index (χ0n) is 15.0. The molecule has 0 bridgehead atoms. The average molecular weight is 350 g/mol. The van der Waals surface area contributed by atoms with Gasteiger partial charge in [0.2, 0.25) is 0 Å². The normalized spacial score (nSPS) is 14.9. The molecule has 0 saturated carbocycles. The molecule has 0 aliphatic carbocycles. The van der Waals surface area contributed by atoms with E-state index in [1.807, 2.05) is 6.92 Å². The van der Waals surface area contributed by atoms with E-state index in [1.54, 1.807) is 0 Å². The van der Waals surface area contributed by atoms with Gasteiger partial charge in [-0.2, -0.15) is 5.26 Å². The molecule has 0 spiro atoms. The van der Waals surface area contributed by atoms with Gasteiger partial charge in [0.25, 0.3) is 0 Å². The summed E-state index contributed by atoms with van der Waals surface area (Å²) < 4.78 is 2.76. The molecular weight excluding hydrogens is 326 g/mol. The second-order valence-electron chi connectivity index (χ2n) is 6.62. The van der Waals surface area contributed by atoms with Crippen molar-refractivity contribution < 1.29 is 0 Å². The summed E-state index contributed by atoms with van der Waals surface area (Å²) in [6, 6.07) is 12.9. The fourth-order valence-electron chi connectivity index (χ4n) is 3.36. The average Bonchev–Trinajstić information content (AvgIpc) is 2.65. The molecule has 2 heterocycles. The summed E-state index contributed by atoms with van der Waals surface area (Å²) in [6.07, 6.45) is 3.34. The third-order valence-electron chi connectivity index (χ3n) is 5.24. The molecule has 0 fully saturated rings. The summed E-state index contributed by atoms with van der Waals surface area (Å²) >= 11 is 5.59. The molecule has 1 aromatic carbocycles. The van der Waals surface area contributed by atoms with Crippen LogP contribution in [-0.4, -0.2) is 22.6 Å². The lowest BCUT2D eigenvalue weighted by molar-refractivity contribution is 0.236. The fraction of sp³-hybridized carbons (Fsp3) is 0.333. The maximum absolute atomic E-state index is 9.45. The van der Waals surface area contributed by atoms with Gasteiger partial charge in [0, 0.05) is 18.8 Å². The van der Waals surface area contributed by atoms with E-state index in [1.165, 1.54) is 11.1 Å². The van der Waals surface area contributed by atoms with E-state index in [4.69, 9.17) is 12.2 Å². The summed E-state index contributed by atoms with van der Waals surface area (Å²) in [7, 11) is 0. The number of hydrogen-bond acceptors (Lipinski definition) is 3. The van der Waals surface area contributed by atoms with Gasteiger partial charge in [0.1, 0.15) is 10.7 Å². The third-order valence-corrected chi connectivity index (χ3v) is 5.66. The van der Waals surface area contributed by atoms with Gasteiger partial charge in [-0.3, -0.25) is 4.90 Å².